The molecule has 0 spiro atoms. The van der Waals surface area contributed by atoms with Gasteiger partial charge in [-0.1, -0.05) is 30.5 Å². The van der Waals surface area contributed by atoms with Crippen molar-refractivity contribution in [2.75, 3.05) is 6.54 Å². The number of aryl methyl sites for hydroxylation is 1. The Morgan fingerprint density at radius 2 is 2.04 bits per heavy atom. The van der Waals surface area contributed by atoms with Crippen LogP contribution in [0.15, 0.2) is 22.7 Å². The molecular formula is C19H22FN3O2. The number of halogens is 1. The first-order valence-electron chi connectivity index (χ1n) is 9.01. The average molecular weight is 343 g/mol. The molecule has 2 heterocycles. The first-order chi connectivity index (χ1) is 12.1. The number of hydrogen-bond acceptors (Lipinski definition) is 4. The van der Waals surface area contributed by atoms with Crippen molar-refractivity contribution in [1.82, 2.24) is 15.0 Å². The minimum Gasteiger partial charge on any atom is -0.339 e. The van der Waals surface area contributed by atoms with E-state index in [9.17, 15) is 9.18 Å². The van der Waals surface area contributed by atoms with Gasteiger partial charge < -0.3 is 9.42 Å². The molecule has 0 N–H and O–H groups in total. The van der Waals surface area contributed by atoms with Crippen LogP contribution in [0.3, 0.4) is 0 Å². The van der Waals surface area contributed by atoms with Crippen LogP contribution in [0.25, 0.3) is 11.5 Å². The quantitative estimate of drug-likeness (QED) is 0.850. The van der Waals surface area contributed by atoms with E-state index in [1.165, 1.54) is 25.3 Å². The molecule has 1 amide bonds. The van der Waals surface area contributed by atoms with Crippen LogP contribution >= 0.6 is 0 Å². The summed E-state index contributed by atoms with van der Waals surface area (Å²) in [5, 5.41) is 4.05. The number of aromatic nitrogens is 2. The SMILES string of the molecule is Cc1ccc(-c2nc(C3CC(=O)N(C4CCCCC4)C3)no2)cc1F. The molecule has 1 aromatic heterocycles. The maximum absolute atomic E-state index is 13.7. The molecule has 2 aromatic rings. The van der Waals surface area contributed by atoms with Gasteiger partial charge in [0.15, 0.2) is 5.82 Å². The standard InChI is InChI=1S/C19H22FN3O2/c1-12-7-8-13(9-16(12)20)19-21-18(22-25-19)14-10-17(24)23(11-14)15-5-3-2-4-6-15/h7-9,14-15H,2-6,10-11H2,1H3. The fourth-order valence-corrected chi connectivity index (χ4v) is 3.89. The molecule has 1 saturated carbocycles. The molecule has 0 bridgehead atoms. The van der Waals surface area contributed by atoms with E-state index in [-0.39, 0.29) is 17.6 Å². The number of nitrogens with zero attached hydrogens (tertiary/aromatic N) is 3. The van der Waals surface area contributed by atoms with Crippen molar-refractivity contribution in [2.24, 2.45) is 0 Å². The highest BCUT2D eigenvalue weighted by atomic mass is 19.1. The Morgan fingerprint density at radius 3 is 2.80 bits per heavy atom. The maximum atomic E-state index is 13.7. The summed E-state index contributed by atoms with van der Waals surface area (Å²) >= 11 is 0. The predicted octanol–water partition coefficient (Wildman–Crippen LogP) is 3.83. The molecule has 1 unspecified atom stereocenters. The number of hydrogen-bond donors (Lipinski definition) is 0. The van der Waals surface area contributed by atoms with E-state index >= 15 is 0 Å². The van der Waals surface area contributed by atoms with Gasteiger partial charge in [-0.15, -0.1) is 0 Å². The van der Waals surface area contributed by atoms with Gasteiger partial charge in [0, 0.05) is 30.5 Å². The summed E-state index contributed by atoms with van der Waals surface area (Å²) in [5.74, 6) is 0.698. The molecule has 1 aliphatic heterocycles. The number of benzene rings is 1. The van der Waals surface area contributed by atoms with Crippen LogP contribution in [0, 0.1) is 12.7 Å². The van der Waals surface area contributed by atoms with Gasteiger partial charge in [0.1, 0.15) is 5.82 Å². The van der Waals surface area contributed by atoms with E-state index in [2.05, 4.69) is 10.1 Å². The van der Waals surface area contributed by atoms with Crippen molar-refractivity contribution in [2.45, 2.75) is 57.4 Å². The largest absolute Gasteiger partial charge is 0.339 e. The maximum Gasteiger partial charge on any atom is 0.258 e. The third kappa shape index (κ3) is 3.17. The fourth-order valence-electron chi connectivity index (χ4n) is 3.89. The highest BCUT2D eigenvalue weighted by Gasteiger charge is 2.37. The molecule has 4 rings (SSSR count). The van der Waals surface area contributed by atoms with E-state index in [4.69, 9.17) is 4.52 Å². The van der Waals surface area contributed by atoms with Crippen molar-refractivity contribution < 1.29 is 13.7 Å². The highest BCUT2D eigenvalue weighted by Crippen LogP contribution is 2.33. The van der Waals surface area contributed by atoms with Gasteiger partial charge in [-0.3, -0.25) is 4.79 Å². The predicted molar refractivity (Wildman–Crippen MR) is 90.4 cm³/mol. The Labute approximate surface area is 146 Å². The minimum atomic E-state index is -0.295. The molecule has 1 atom stereocenters. The van der Waals surface area contributed by atoms with Crippen LogP contribution < -0.4 is 0 Å². The van der Waals surface area contributed by atoms with Crippen molar-refractivity contribution >= 4 is 5.91 Å². The van der Waals surface area contributed by atoms with E-state index in [1.54, 1.807) is 19.1 Å². The van der Waals surface area contributed by atoms with Crippen molar-refractivity contribution in [3.8, 4) is 11.5 Å². The van der Waals surface area contributed by atoms with Gasteiger partial charge in [0.05, 0.1) is 0 Å². The molecular weight excluding hydrogens is 321 g/mol. The summed E-state index contributed by atoms with van der Waals surface area (Å²) in [7, 11) is 0. The van der Waals surface area contributed by atoms with Gasteiger partial charge in [0.25, 0.3) is 5.89 Å². The zero-order valence-corrected chi connectivity index (χ0v) is 14.4. The molecule has 132 valence electrons. The molecule has 2 fully saturated rings. The molecule has 0 radical (unpaired) electrons. The second kappa shape index (κ2) is 6.58. The van der Waals surface area contributed by atoms with Gasteiger partial charge in [-0.05, 0) is 37.5 Å². The second-order valence-corrected chi connectivity index (χ2v) is 7.16. The molecule has 6 heteroatoms. The number of amides is 1. The Morgan fingerprint density at radius 1 is 1.24 bits per heavy atom. The fraction of sp³-hybridized carbons (Fsp3) is 0.526. The summed E-state index contributed by atoms with van der Waals surface area (Å²) in [6, 6.07) is 5.23. The number of likely N-dealkylation sites (tertiary alicyclic amines) is 1. The van der Waals surface area contributed by atoms with Crippen LogP contribution in [0.5, 0.6) is 0 Å². The second-order valence-electron chi connectivity index (χ2n) is 7.16. The Balaban J connectivity index is 1.50. The zero-order valence-electron chi connectivity index (χ0n) is 14.4. The van der Waals surface area contributed by atoms with Crippen LogP contribution in [-0.4, -0.2) is 33.5 Å². The van der Waals surface area contributed by atoms with Crippen LogP contribution in [0.2, 0.25) is 0 Å². The summed E-state index contributed by atoms with van der Waals surface area (Å²) in [6.45, 7) is 2.37. The monoisotopic (exact) mass is 343 g/mol. The van der Waals surface area contributed by atoms with E-state index in [0.29, 0.717) is 41.8 Å². The summed E-state index contributed by atoms with van der Waals surface area (Å²) in [4.78, 5) is 18.8. The van der Waals surface area contributed by atoms with Crippen molar-refractivity contribution in [1.29, 1.82) is 0 Å². The van der Waals surface area contributed by atoms with Gasteiger partial charge in [-0.25, -0.2) is 4.39 Å². The lowest BCUT2D eigenvalue weighted by molar-refractivity contribution is -0.130. The number of carbonyl (C=O) groups excluding carboxylic acids is 1. The summed E-state index contributed by atoms with van der Waals surface area (Å²) in [6.07, 6.45) is 6.28. The van der Waals surface area contributed by atoms with Gasteiger partial charge in [0.2, 0.25) is 5.91 Å². The Kier molecular flexibility index (Phi) is 4.27. The molecule has 25 heavy (non-hydrogen) atoms. The van der Waals surface area contributed by atoms with Crippen molar-refractivity contribution in [3.63, 3.8) is 0 Å². The Hall–Kier alpha value is -2.24. The van der Waals surface area contributed by atoms with Gasteiger partial charge >= 0.3 is 0 Å². The van der Waals surface area contributed by atoms with Crippen LogP contribution in [0.1, 0.15) is 55.8 Å². The smallest absolute Gasteiger partial charge is 0.258 e. The van der Waals surface area contributed by atoms with Gasteiger partial charge in [-0.2, -0.15) is 4.98 Å². The molecule has 1 aromatic carbocycles. The first kappa shape index (κ1) is 16.2. The van der Waals surface area contributed by atoms with E-state index < -0.39 is 0 Å². The van der Waals surface area contributed by atoms with E-state index in [1.807, 2.05) is 4.90 Å². The molecule has 2 aliphatic rings. The molecule has 1 saturated heterocycles. The third-order valence-corrected chi connectivity index (χ3v) is 5.40. The summed E-state index contributed by atoms with van der Waals surface area (Å²) < 4.78 is 19.1. The lowest BCUT2D eigenvalue weighted by atomic mass is 9.94. The molecule has 5 nitrogen and oxygen atoms in total. The zero-order chi connectivity index (χ0) is 17.4. The summed E-state index contributed by atoms with van der Waals surface area (Å²) in [5.41, 5.74) is 1.14. The van der Waals surface area contributed by atoms with Crippen molar-refractivity contribution in [3.05, 3.63) is 35.4 Å². The lowest BCUT2D eigenvalue weighted by Gasteiger charge is -2.31. The molecule has 1 aliphatic carbocycles. The topological polar surface area (TPSA) is 59.2 Å². The number of carbonyl (C=O) groups is 1. The lowest BCUT2D eigenvalue weighted by Crippen LogP contribution is -2.37. The minimum absolute atomic E-state index is 0.0396. The highest BCUT2D eigenvalue weighted by molar-refractivity contribution is 5.80. The van der Waals surface area contributed by atoms with Crippen LogP contribution in [-0.2, 0) is 4.79 Å². The Bertz CT molecular complexity index is 783. The number of rotatable bonds is 3. The first-order valence-corrected chi connectivity index (χ1v) is 9.01. The van der Waals surface area contributed by atoms with Crippen LogP contribution in [0.4, 0.5) is 4.39 Å². The normalized spacial score (nSPS) is 21.9. The average Bonchev–Trinajstić information content (AvgIpc) is 3.25. The third-order valence-electron chi connectivity index (χ3n) is 5.40. The van der Waals surface area contributed by atoms with E-state index in [0.717, 1.165) is 12.8 Å².